The summed E-state index contributed by atoms with van der Waals surface area (Å²) in [5.74, 6) is 0. The van der Waals surface area contributed by atoms with Gasteiger partial charge in [0.1, 0.15) is 0 Å². The van der Waals surface area contributed by atoms with Crippen LogP contribution in [0.3, 0.4) is 0 Å². The summed E-state index contributed by atoms with van der Waals surface area (Å²) in [6.45, 7) is 15.3. The number of benzene rings is 2. The smallest absolute Gasteiger partial charge is 0.0128 e. The second-order valence-corrected chi connectivity index (χ2v) is 6.78. The molecule has 0 saturated heterocycles. The van der Waals surface area contributed by atoms with Gasteiger partial charge in [0.15, 0.2) is 0 Å². The highest BCUT2D eigenvalue weighted by Gasteiger charge is 2.26. The summed E-state index contributed by atoms with van der Waals surface area (Å²) in [7, 11) is 0. The summed E-state index contributed by atoms with van der Waals surface area (Å²) >= 11 is 0. The molecule has 0 nitrogen and oxygen atoms in total. The summed E-state index contributed by atoms with van der Waals surface area (Å²) in [5.41, 5.74) is 8.17. The number of rotatable bonds is 5. The van der Waals surface area contributed by atoms with E-state index in [2.05, 4.69) is 83.7 Å². The van der Waals surface area contributed by atoms with Crippen LogP contribution in [0.25, 0.3) is 0 Å². The minimum Gasteiger partial charge on any atom is -0.0993 e. The second-order valence-electron chi connectivity index (χ2n) is 6.78. The maximum atomic E-state index is 4.21. The lowest BCUT2D eigenvalue weighted by Crippen LogP contribution is -2.23. The zero-order valence-corrected chi connectivity index (χ0v) is 14.7. The Kier molecular flexibility index (Phi) is 4.90. The van der Waals surface area contributed by atoms with Crippen LogP contribution in [0.1, 0.15) is 55.0 Å². The molecule has 22 heavy (non-hydrogen) atoms. The Morgan fingerprint density at radius 2 is 1.59 bits per heavy atom. The number of allylic oxidation sites excluding steroid dienone is 1. The van der Waals surface area contributed by atoms with Crippen LogP contribution in [0.5, 0.6) is 0 Å². The van der Waals surface area contributed by atoms with E-state index in [4.69, 9.17) is 0 Å². The third kappa shape index (κ3) is 3.32. The molecule has 0 spiro atoms. The van der Waals surface area contributed by atoms with E-state index < -0.39 is 0 Å². The van der Waals surface area contributed by atoms with Crippen LogP contribution in [-0.2, 0) is 11.8 Å². The van der Waals surface area contributed by atoms with Gasteiger partial charge in [-0.2, -0.15) is 0 Å². The quantitative estimate of drug-likeness (QED) is 0.581. The van der Waals surface area contributed by atoms with Gasteiger partial charge in [0.05, 0.1) is 0 Å². The second kappa shape index (κ2) is 6.52. The van der Waals surface area contributed by atoms with E-state index >= 15 is 0 Å². The third-order valence-electron chi connectivity index (χ3n) is 5.06. The Labute approximate surface area is 135 Å². The summed E-state index contributed by atoms with van der Waals surface area (Å²) in [5, 5.41) is 0. The molecule has 0 radical (unpaired) electrons. The van der Waals surface area contributed by atoms with E-state index in [9.17, 15) is 0 Å². The molecule has 2 aromatic carbocycles. The fraction of sp³-hybridized carbons (Fsp3) is 0.364. The van der Waals surface area contributed by atoms with Gasteiger partial charge in [0.25, 0.3) is 0 Å². The molecule has 0 N–H and O–H groups in total. The van der Waals surface area contributed by atoms with Gasteiger partial charge in [-0.15, -0.1) is 0 Å². The minimum atomic E-state index is 0.0759. The van der Waals surface area contributed by atoms with Crippen LogP contribution in [0.2, 0.25) is 0 Å². The zero-order valence-electron chi connectivity index (χ0n) is 14.7. The molecule has 116 valence electrons. The van der Waals surface area contributed by atoms with E-state index in [1.54, 1.807) is 0 Å². The molecule has 2 aromatic rings. The van der Waals surface area contributed by atoms with Crippen LogP contribution in [-0.4, -0.2) is 0 Å². The molecule has 0 unspecified atom stereocenters. The Hall–Kier alpha value is -1.82. The number of aryl methyl sites for hydroxylation is 2. The molecule has 0 aliphatic carbocycles. The monoisotopic (exact) mass is 292 g/mol. The first-order chi connectivity index (χ1) is 10.4. The van der Waals surface area contributed by atoms with Crippen molar-refractivity contribution in [1.82, 2.24) is 0 Å². The maximum Gasteiger partial charge on any atom is 0.0128 e. The van der Waals surface area contributed by atoms with Crippen molar-refractivity contribution in [3.8, 4) is 0 Å². The molecule has 0 aliphatic rings. The lowest BCUT2D eigenvalue weighted by atomic mass is 9.73. The largest absolute Gasteiger partial charge is 0.0993 e. The molecule has 0 heteroatoms. The topological polar surface area (TPSA) is 0 Å². The molecular formula is C22H28. The van der Waals surface area contributed by atoms with Crippen molar-refractivity contribution < 1.29 is 0 Å². The molecule has 0 bridgehead atoms. The van der Waals surface area contributed by atoms with Crippen molar-refractivity contribution in [3.05, 3.63) is 82.4 Å². The lowest BCUT2D eigenvalue weighted by Gasteiger charge is -2.31. The standard InChI is InChI=1S/C22H28/c1-7-22(6,16(2)3)21-13-12-20(14-18(21)5)15-19-10-8-17(4)9-11-19/h8-14H,2,7,15H2,1,3-6H3/t22-/m0/s1. The first kappa shape index (κ1) is 16.5. The van der Waals surface area contributed by atoms with Crippen LogP contribution >= 0.6 is 0 Å². The van der Waals surface area contributed by atoms with Gasteiger partial charge >= 0.3 is 0 Å². The van der Waals surface area contributed by atoms with E-state index in [1.165, 1.54) is 33.4 Å². The number of hydrogen-bond donors (Lipinski definition) is 0. The molecule has 0 saturated carbocycles. The summed E-state index contributed by atoms with van der Waals surface area (Å²) in [4.78, 5) is 0. The maximum absolute atomic E-state index is 4.21. The summed E-state index contributed by atoms with van der Waals surface area (Å²) < 4.78 is 0. The SMILES string of the molecule is C=C(C)[C@](C)(CC)c1ccc(Cc2ccc(C)cc2)cc1C. The molecule has 0 fully saturated rings. The van der Waals surface area contributed by atoms with Gasteiger partial charge < -0.3 is 0 Å². The van der Waals surface area contributed by atoms with Crippen molar-refractivity contribution in [2.24, 2.45) is 0 Å². The highest BCUT2D eigenvalue weighted by atomic mass is 14.3. The first-order valence-corrected chi connectivity index (χ1v) is 8.18. The first-order valence-electron chi connectivity index (χ1n) is 8.18. The minimum absolute atomic E-state index is 0.0759. The Morgan fingerprint density at radius 3 is 2.09 bits per heavy atom. The van der Waals surface area contributed by atoms with Crippen molar-refractivity contribution in [1.29, 1.82) is 0 Å². The lowest BCUT2D eigenvalue weighted by molar-refractivity contribution is 0.535. The van der Waals surface area contributed by atoms with Crippen LogP contribution in [0.4, 0.5) is 0 Å². The third-order valence-corrected chi connectivity index (χ3v) is 5.06. The van der Waals surface area contributed by atoms with E-state index in [1.807, 2.05) is 0 Å². The van der Waals surface area contributed by atoms with Crippen LogP contribution in [0, 0.1) is 13.8 Å². The predicted molar refractivity (Wildman–Crippen MR) is 97.6 cm³/mol. The van der Waals surface area contributed by atoms with Crippen LogP contribution < -0.4 is 0 Å². The van der Waals surface area contributed by atoms with Gasteiger partial charge in [-0.1, -0.05) is 74.0 Å². The van der Waals surface area contributed by atoms with Gasteiger partial charge in [-0.25, -0.2) is 0 Å². The Bertz CT molecular complexity index is 661. The van der Waals surface area contributed by atoms with Gasteiger partial charge in [-0.05, 0) is 55.9 Å². The van der Waals surface area contributed by atoms with Crippen molar-refractivity contribution >= 4 is 0 Å². The summed E-state index contributed by atoms with van der Waals surface area (Å²) in [6.07, 6.45) is 2.08. The van der Waals surface area contributed by atoms with Crippen LogP contribution in [0.15, 0.2) is 54.6 Å². The van der Waals surface area contributed by atoms with Crippen molar-refractivity contribution in [2.45, 2.75) is 52.9 Å². The number of hydrogen-bond acceptors (Lipinski definition) is 0. The normalized spacial score (nSPS) is 13.7. The Balaban J connectivity index is 2.30. The highest BCUT2D eigenvalue weighted by Crippen LogP contribution is 2.36. The van der Waals surface area contributed by atoms with Gasteiger partial charge in [0.2, 0.25) is 0 Å². The molecule has 0 amide bonds. The molecule has 0 heterocycles. The summed E-state index contributed by atoms with van der Waals surface area (Å²) in [6, 6.07) is 15.7. The van der Waals surface area contributed by atoms with Gasteiger partial charge in [-0.3, -0.25) is 0 Å². The average Bonchev–Trinajstić information content (AvgIpc) is 2.49. The molecule has 0 aromatic heterocycles. The fourth-order valence-corrected chi connectivity index (χ4v) is 3.12. The Morgan fingerprint density at radius 1 is 1.00 bits per heavy atom. The van der Waals surface area contributed by atoms with Crippen molar-refractivity contribution in [2.75, 3.05) is 0 Å². The highest BCUT2D eigenvalue weighted by molar-refractivity contribution is 5.42. The molecule has 2 rings (SSSR count). The molecule has 0 aliphatic heterocycles. The zero-order chi connectivity index (χ0) is 16.3. The molecular weight excluding hydrogens is 264 g/mol. The predicted octanol–water partition coefficient (Wildman–Crippen LogP) is 6.14. The average molecular weight is 292 g/mol. The fourth-order valence-electron chi connectivity index (χ4n) is 3.12. The van der Waals surface area contributed by atoms with E-state index in [-0.39, 0.29) is 5.41 Å². The molecule has 1 atom stereocenters. The van der Waals surface area contributed by atoms with Gasteiger partial charge in [0, 0.05) is 5.41 Å². The van der Waals surface area contributed by atoms with E-state index in [0.717, 1.165) is 12.8 Å². The van der Waals surface area contributed by atoms with E-state index in [0.29, 0.717) is 0 Å². The van der Waals surface area contributed by atoms with Crippen molar-refractivity contribution in [3.63, 3.8) is 0 Å².